The lowest BCUT2D eigenvalue weighted by Gasteiger charge is -2.33. The van der Waals surface area contributed by atoms with Gasteiger partial charge in [0.1, 0.15) is 11.7 Å². The number of aliphatic imine (C=N–C) groups is 1. The van der Waals surface area contributed by atoms with Crippen molar-refractivity contribution in [2.75, 3.05) is 25.2 Å². The number of ether oxygens (including phenoxy) is 3. The molecule has 0 bridgehead atoms. The molecule has 0 aromatic heterocycles. The minimum Gasteiger partial charge on any atom is -0.493 e. The van der Waals surface area contributed by atoms with Gasteiger partial charge in [-0.15, -0.1) is 0 Å². The van der Waals surface area contributed by atoms with Crippen LogP contribution >= 0.6 is 15.9 Å². The number of hydrogen-bond donors (Lipinski definition) is 0. The summed E-state index contributed by atoms with van der Waals surface area (Å²) in [6, 6.07) is 3.39. The first kappa shape index (κ1) is 30.3. The summed E-state index contributed by atoms with van der Waals surface area (Å²) in [4.78, 5) is 40.5. The third kappa shape index (κ3) is 7.53. The number of nitrogens with zero attached hydrogens (tertiary/aromatic N) is 2. The number of carbonyl (C=O) groups is 2. The van der Waals surface area contributed by atoms with Gasteiger partial charge in [-0.05, 0) is 39.2 Å². The van der Waals surface area contributed by atoms with Gasteiger partial charge in [-0.1, -0.05) is 22.9 Å². The molecule has 1 aromatic carbocycles. The third-order valence-electron chi connectivity index (χ3n) is 5.43. The molecule has 1 aromatic rings. The molecule has 2 atom stereocenters. The van der Waals surface area contributed by atoms with Crippen LogP contribution in [0.4, 0.5) is 18.9 Å². The fraction of sp³-hybridized carbons (Fsp3) is 0.542. The Labute approximate surface area is 220 Å². The number of esters is 2. The van der Waals surface area contributed by atoms with Gasteiger partial charge in [0.05, 0.1) is 30.3 Å². The number of alkyl halides is 4. The second kappa shape index (κ2) is 13.5. The summed E-state index contributed by atoms with van der Waals surface area (Å²) in [6.45, 7) is 4.23. The fourth-order valence-electron chi connectivity index (χ4n) is 3.85. The van der Waals surface area contributed by atoms with Crippen LogP contribution < -0.4 is 4.74 Å². The second-order valence-corrected chi connectivity index (χ2v) is 8.87. The van der Waals surface area contributed by atoms with E-state index in [2.05, 4.69) is 20.9 Å². The quantitative estimate of drug-likeness (QED) is 0.101. The molecule has 1 aliphatic heterocycles. The molecule has 1 heterocycles. The number of non-ortho nitro benzene ring substituents is 1. The average Bonchev–Trinajstić information content (AvgIpc) is 2.84. The maximum absolute atomic E-state index is 14.1. The lowest BCUT2D eigenvalue weighted by Crippen LogP contribution is -2.39. The summed E-state index contributed by atoms with van der Waals surface area (Å²) < 4.78 is 58.4. The molecule has 204 valence electrons. The number of hydrogen-bond acceptors (Lipinski definition) is 8. The summed E-state index contributed by atoms with van der Waals surface area (Å²) in [5.74, 6) is -5.42. The molecule has 0 saturated carbocycles. The summed E-state index contributed by atoms with van der Waals surface area (Å²) in [5.41, 5.74) is -3.34. The molecule has 0 saturated heterocycles. The Morgan fingerprint density at radius 3 is 2.43 bits per heavy atom. The number of carbonyl (C=O) groups excluding carboxylic acids is 2. The number of nitro benzene ring substituents is 1. The molecule has 37 heavy (non-hydrogen) atoms. The van der Waals surface area contributed by atoms with Crippen molar-refractivity contribution in [3.63, 3.8) is 0 Å². The van der Waals surface area contributed by atoms with E-state index in [1.165, 1.54) is 19.9 Å². The van der Waals surface area contributed by atoms with Crippen molar-refractivity contribution in [1.29, 1.82) is 0 Å². The lowest BCUT2D eigenvalue weighted by atomic mass is 9.75. The highest BCUT2D eigenvalue weighted by Gasteiger charge is 2.50. The molecule has 1 aliphatic rings. The van der Waals surface area contributed by atoms with E-state index in [1.807, 2.05) is 0 Å². The van der Waals surface area contributed by atoms with Crippen molar-refractivity contribution in [1.82, 2.24) is 0 Å². The van der Waals surface area contributed by atoms with Gasteiger partial charge in [0.25, 0.3) is 5.69 Å². The van der Waals surface area contributed by atoms with E-state index in [0.717, 1.165) is 18.6 Å². The SMILES string of the molecule is CCCOC(=O)C1C(C)=NC(C(F)(F)F)=C(C(=O)OCC)C1c1cc([N+](=O)[O-])ccc1OCCCCBr. The van der Waals surface area contributed by atoms with Crippen LogP contribution in [0.1, 0.15) is 51.5 Å². The van der Waals surface area contributed by atoms with Crippen molar-refractivity contribution in [3.05, 3.63) is 45.1 Å². The van der Waals surface area contributed by atoms with Crippen LogP contribution in [0.25, 0.3) is 0 Å². The zero-order valence-electron chi connectivity index (χ0n) is 20.6. The van der Waals surface area contributed by atoms with Gasteiger partial charge in [-0.3, -0.25) is 19.9 Å². The van der Waals surface area contributed by atoms with Gasteiger partial charge in [0.15, 0.2) is 5.70 Å². The molecule has 9 nitrogen and oxygen atoms in total. The number of rotatable bonds is 12. The first-order valence-electron chi connectivity index (χ1n) is 11.6. The highest BCUT2D eigenvalue weighted by atomic mass is 79.9. The Balaban J connectivity index is 2.87. The first-order chi connectivity index (χ1) is 17.5. The van der Waals surface area contributed by atoms with Crippen molar-refractivity contribution in [2.45, 2.75) is 52.1 Å². The molecule has 0 fully saturated rings. The van der Waals surface area contributed by atoms with E-state index in [0.29, 0.717) is 18.2 Å². The smallest absolute Gasteiger partial charge is 0.433 e. The average molecular weight is 593 g/mol. The highest BCUT2D eigenvalue weighted by Crippen LogP contribution is 2.47. The molecule has 2 unspecified atom stereocenters. The van der Waals surface area contributed by atoms with Crippen molar-refractivity contribution in [3.8, 4) is 5.75 Å². The molecule has 2 rings (SSSR count). The van der Waals surface area contributed by atoms with Crippen LogP contribution in [0.3, 0.4) is 0 Å². The molecule has 13 heteroatoms. The van der Waals surface area contributed by atoms with E-state index in [-0.39, 0.29) is 36.8 Å². The van der Waals surface area contributed by atoms with Crippen molar-refractivity contribution >= 4 is 39.3 Å². The predicted octanol–water partition coefficient (Wildman–Crippen LogP) is 5.66. The van der Waals surface area contributed by atoms with Crippen molar-refractivity contribution in [2.24, 2.45) is 10.9 Å². The maximum Gasteiger partial charge on any atom is 0.433 e. The molecule has 0 amide bonds. The lowest BCUT2D eigenvalue weighted by molar-refractivity contribution is -0.385. The molecule has 0 aliphatic carbocycles. The second-order valence-electron chi connectivity index (χ2n) is 8.08. The largest absolute Gasteiger partial charge is 0.493 e. The number of allylic oxidation sites excluding steroid dienone is 1. The van der Waals surface area contributed by atoms with Gasteiger partial charge in [0, 0.05) is 34.7 Å². The van der Waals surface area contributed by atoms with E-state index in [9.17, 15) is 32.9 Å². The number of unbranched alkanes of at least 4 members (excludes halogenated alkanes) is 1. The zero-order chi connectivity index (χ0) is 27.8. The highest BCUT2D eigenvalue weighted by molar-refractivity contribution is 9.09. The fourth-order valence-corrected chi connectivity index (χ4v) is 4.24. The predicted molar refractivity (Wildman–Crippen MR) is 132 cm³/mol. The Hall–Kier alpha value is -2.96. The number of benzene rings is 1. The third-order valence-corrected chi connectivity index (χ3v) is 5.99. The summed E-state index contributed by atoms with van der Waals surface area (Å²) >= 11 is 3.29. The van der Waals surface area contributed by atoms with E-state index < -0.39 is 51.8 Å². The monoisotopic (exact) mass is 592 g/mol. The topological polar surface area (TPSA) is 117 Å². The first-order valence-corrected chi connectivity index (χ1v) is 12.8. The van der Waals surface area contributed by atoms with E-state index >= 15 is 0 Å². The summed E-state index contributed by atoms with van der Waals surface area (Å²) in [7, 11) is 0. The summed E-state index contributed by atoms with van der Waals surface area (Å²) in [5, 5.41) is 12.3. The van der Waals surface area contributed by atoms with E-state index in [4.69, 9.17) is 14.2 Å². The molecular weight excluding hydrogens is 565 g/mol. The van der Waals surface area contributed by atoms with Gasteiger partial charge in [-0.2, -0.15) is 13.2 Å². The van der Waals surface area contributed by atoms with Gasteiger partial charge >= 0.3 is 18.1 Å². The summed E-state index contributed by atoms with van der Waals surface area (Å²) in [6.07, 6.45) is -3.34. The van der Waals surface area contributed by atoms with Crippen molar-refractivity contribution < 1.29 is 41.9 Å². The zero-order valence-corrected chi connectivity index (χ0v) is 22.2. The Morgan fingerprint density at radius 1 is 1.16 bits per heavy atom. The van der Waals surface area contributed by atoms with Crippen LogP contribution in [0.15, 0.2) is 34.5 Å². The van der Waals surface area contributed by atoms with Gasteiger partial charge in [0.2, 0.25) is 0 Å². The van der Waals surface area contributed by atoms with Gasteiger partial charge in [-0.25, -0.2) is 4.79 Å². The van der Waals surface area contributed by atoms with Crippen LogP contribution in [-0.4, -0.2) is 53.9 Å². The Kier molecular flexibility index (Phi) is 11.1. The van der Waals surface area contributed by atoms with Crippen LogP contribution in [0, 0.1) is 16.0 Å². The number of halogens is 4. The molecular formula is C24H28BrF3N2O7. The Bertz CT molecular complexity index is 1070. The number of nitro groups is 1. The normalized spacial score (nSPS) is 17.8. The van der Waals surface area contributed by atoms with Crippen LogP contribution in [0.2, 0.25) is 0 Å². The van der Waals surface area contributed by atoms with Crippen LogP contribution in [-0.2, 0) is 19.1 Å². The van der Waals surface area contributed by atoms with Gasteiger partial charge < -0.3 is 14.2 Å². The maximum atomic E-state index is 14.1. The molecule has 0 radical (unpaired) electrons. The standard InChI is InChI=1S/C24H28BrF3N2O7/c1-4-11-37-22(31)18-14(3)29-21(24(26,27)28)20(23(32)35-5-2)19(18)16-13-15(30(33)34)8-9-17(16)36-12-7-6-10-25/h8-9,13,18-19H,4-7,10-12H2,1-3H3. The molecule has 0 spiro atoms. The van der Waals surface area contributed by atoms with Crippen LogP contribution in [0.5, 0.6) is 5.75 Å². The minimum absolute atomic E-state index is 0.00325. The van der Waals surface area contributed by atoms with E-state index in [1.54, 1.807) is 6.92 Å². The molecule has 0 N–H and O–H groups in total. The minimum atomic E-state index is -5.09. The Morgan fingerprint density at radius 2 is 1.86 bits per heavy atom.